The van der Waals surface area contributed by atoms with Crippen molar-refractivity contribution in [2.24, 2.45) is 0 Å². The minimum absolute atomic E-state index is 0.482. The molecule has 2 heteroatoms. The molecular formula is C19H25NO. The summed E-state index contributed by atoms with van der Waals surface area (Å²) in [5.41, 5.74) is 3.90. The Morgan fingerprint density at radius 2 is 1.86 bits per heavy atom. The highest BCUT2D eigenvalue weighted by Gasteiger charge is 2.06. The molecule has 0 aliphatic carbocycles. The second-order valence-electron chi connectivity index (χ2n) is 5.62. The molecule has 21 heavy (non-hydrogen) atoms. The number of ether oxygens (including phenoxy) is 1. The van der Waals surface area contributed by atoms with Gasteiger partial charge in [0.1, 0.15) is 5.75 Å². The molecule has 0 radical (unpaired) electrons. The third kappa shape index (κ3) is 4.91. The van der Waals surface area contributed by atoms with E-state index in [4.69, 9.17) is 4.74 Å². The number of nitrogens with one attached hydrogen (secondary N) is 1. The summed E-state index contributed by atoms with van der Waals surface area (Å²) in [6, 6.07) is 17.4. The Kier molecular flexibility index (Phi) is 5.82. The summed E-state index contributed by atoms with van der Waals surface area (Å²) < 4.78 is 5.42. The molecule has 0 aromatic heterocycles. The first kappa shape index (κ1) is 15.6. The molecule has 0 amide bonds. The number of methoxy groups -OCH3 is 1. The van der Waals surface area contributed by atoms with E-state index in [0.717, 1.165) is 25.1 Å². The molecule has 0 fully saturated rings. The first-order valence-corrected chi connectivity index (χ1v) is 7.60. The highest BCUT2D eigenvalue weighted by molar-refractivity contribution is 5.36. The first-order valence-electron chi connectivity index (χ1n) is 7.60. The Balaban J connectivity index is 1.84. The third-order valence-electron chi connectivity index (χ3n) is 3.79. The fraction of sp³-hybridized carbons (Fsp3) is 0.368. The number of rotatable bonds is 7. The standard InChI is InChI=1S/C19H25NO/c1-15-9-12-19(21-3)18(13-15)14-20-16(2)10-11-17-7-5-4-6-8-17/h4-9,12-13,16,20H,10-11,14H2,1-3H3. The molecule has 0 bridgehead atoms. The molecule has 0 spiro atoms. The first-order chi connectivity index (χ1) is 10.2. The molecule has 112 valence electrons. The lowest BCUT2D eigenvalue weighted by atomic mass is 10.1. The van der Waals surface area contributed by atoms with Crippen LogP contribution in [-0.4, -0.2) is 13.2 Å². The molecule has 2 aromatic carbocycles. The van der Waals surface area contributed by atoms with Crippen LogP contribution in [0.1, 0.15) is 30.0 Å². The Bertz CT molecular complexity index is 551. The van der Waals surface area contributed by atoms with Crippen LogP contribution in [0.4, 0.5) is 0 Å². The smallest absolute Gasteiger partial charge is 0.123 e. The van der Waals surface area contributed by atoms with Crippen LogP contribution >= 0.6 is 0 Å². The van der Waals surface area contributed by atoms with Crippen molar-refractivity contribution in [3.63, 3.8) is 0 Å². The fourth-order valence-corrected chi connectivity index (χ4v) is 2.46. The van der Waals surface area contributed by atoms with Crippen molar-refractivity contribution < 1.29 is 4.74 Å². The van der Waals surface area contributed by atoms with Crippen molar-refractivity contribution in [1.29, 1.82) is 0 Å². The number of benzene rings is 2. The van der Waals surface area contributed by atoms with Crippen LogP contribution < -0.4 is 10.1 Å². The van der Waals surface area contributed by atoms with E-state index in [9.17, 15) is 0 Å². The SMILES string of the molecule is COc1ccc(C)cc1CNC(C)CCc1ccccc1. The predicted octanol–water partition coefficient (Wildman–Crippen LogP) is 4.11. The van der Waals surface area contributed by atoms with E-state index in [1.807, 2.05) is 6.07 Å². The minimum atomic E-state index is 0.482. The summed E-state index contributed by atoms with van der Waals surface area (Å²) in [7, 11) is 1.73. The number of hydrogen-bond donors (Lipinski definition) is 1. The highest BCUT2D eigenvalue weighted by atomic mass is 16.5. The van der Waals surface area contributed by atoms with Crippen LogP contribution in [0.5, 0.6) is 5.75 Å². The van der Waals surface area contributed by atoms with Crippen LogP contribution in [0.15, 0.2) is 48.5 Å². The van der Waals surface area contributed by atoms with Gasteiger partial charge in [-0.1, -0.05) is 48.0 Å². The van der Waals surface area contributed by atoms with Gasteiger partial charge in [0.15, 0.2) is 0 Å². The molecule has 0 aliphatic heterocycles. The van der Waals surface area contributed by atoms with E-state index < -0.39 is 0 Å². The average Bonchev–Trinajstić information content (AvgIpc) is 2.52. The molecule has 2 aromatic rings. The maximum atomic E-state index is 5.42. The molecule has 2 nitrogen and oxygen atoms in total. The Labute approximate surface area is 128 Å². The van der Waals surface area contributed by atoms with Crippen LogP contribution in [-0.2, 0) is 13.0 Å². The predicted molar refractivity (Wildman–Crippen MR) is 88.8 cm³/mol. The molecule has 0 heterocycles. The maximum Gasteiger partial charge on any atom is 0.123 e. The van der Waals surface area contributed by atoms with E-state index in [-0.39, 0.29) is 0 Å². The van der Waals surface area contributed by atoms with Gasteiger partial charge in [0.05, 0.1) is 7.11 Å². The lowest BCUT2D eigenvalue weighted by Crippen LogP contribution is -2.26. The summed E-state index contributed by atoms with van der Waals surface area (Å²) in [5.74, 6) is 0.961. The van der Waals surface area contributed by atoms with E-state index in [2.05, 4.69) is 61.6 Å². The zero-order chi connectivity index (χ0) is 15.1. The average molecular weight is 283 g/mol. The van der Waals surface area contributed by atoms with Crippen molar-refractivity contribution in [2.75, 3.05) is 7.11 Å². The van der Waals surface area contributed by atoms with Gasteiger partial charge in [-0.3, -0.25) is 0 Å². The van der Waals surface area contributed by atoms with Crippen LogP contribution in [0.3, 0.4) is 0 Å². The normalized spacial score (nSPS) is 12.1. The van der Waals surface area contributed by atoms with E-state index in [1.165, 1.54) is 16.7 Å². The van der Waals surface area contributed by atoms with Gasteiger partial charge in [-0.05, 0) is 38.3 Å². The Hall–Kier alpha value is -1.80. The number of aryl methyl sites for hydroxylation is 2. The van der Waals surface area contributed by atoms with E-state index in [1.54, 1.807) is 7.11 Å². The van der Waals surface area contributed by atoms with Crippen molar-refractivity contribution in [3.8, 4) is 5.75 Å². The third-order valence-corrected chi connectivity index (χ3v) is 3.79. The molecular weight excluding hydrogens is 258 g/mol. The fourth-order valence-electron chi connectivity index (χ4n) is 2.46. The number of hydrogen-bond acceptors (Lipinski definition) is 2. The Morgan fingerprint density at radius 3 is 2.57 bits per heavy atom. The minimum Gasteiger partial charge on any atom is -0.496 e. The second-order valence-corrected chi connectivity index (χ2v) is 5.62. The van der Waals surface area contributed by atoms with E-state index in [0.29, 0.717) is 6.04 Å². The molecule has 0 aliphatic rings. The van der Waals surface area contributed by atoms with Crippen molar-refractivity contribution in [1.82, 2.24) is 5.32 Å². The van der Waals surface area contributed by atoms with Crippen molar-refractivity contribution >= 4 is 0 Å². The lowest BCUT2D eigenvalue weighted by molar-refractivity contribution is 0.404. The van der Waals surface area contributed by atoms with Crippen LogP contribution in [0.2, 0.25) is 0 Å². The van der Waals surface area contributed by atoms with Crippen LogP contribution in [0.25, 0.3) is 0 Å². The maximum absolute atomic E-state index is 5.42. The lowest BCUT2D eigenvalue weighted by Gasteiger charge is -2.16. The zero-order valence-corrected chi connectivity index (χ0v) is 13.2. The van der Waals surface area contributed by atoms with Gasteiger partial charge in [0, 0.05) is 18.2 Å². The zero-order valence-electron chi connectivity index (χ0n) is 13.2. The van der Waals surface area contributed by atoms with Gasteiger partial charge in [-0.25, -0.2) is 0 Å². The quantitative estimate of drug-likeness (QED) is 0.825. The van der Waals surface area contributed by atoms with Crippen molar-refractivity contribution in [3.05, 3.63) is 65.2 Å². The molecule has 0 saturated carbocycles. The summed E-state index contributed by atoms with van der Waals surface area (Å²) in [6.07, 6.45) is 2.25. The molecule has 1 atom stereocenters. The summed E-state index contributed by atoms with van der Waals surface area (Å²) in [6.45, 7) is 5.20. The summed E-state index contributed by atoms with van der Waals surface area (Å²) in [5, 5.41) is 3.59. The molecule has 0 saturated heterocycles. The van der Waals surface area contributed by atoms with Gasteiger partial charge in [0.2, 0.25) is 0 Å². The van der Waals surface area contributed by atoms with Crippen LogP contribution in [0, 0.1) is 6.92 Å². The molecule has 1 unspecified atom stereocenters. The second kappa shape index (κ2) is 7.84. The van der Waals surface area contributed by atoms with Gasteiger partial charge >= 0.3 is 0 Å². The van der Waals surface area contributed by atoms with Gasteiger partial charge in [-0.2, -0.15) is 0 Å². The topological polar surface area (TPSA) is 21.3 Å². The monoisotopic (exact) mass is 283 g/mol. The van der Waals surface area contributed by atoms with Gasteiger partial charge in [0.25, 0.3) is 0 Å². The largest absolute Gasteiger partial charge is 0.496 e. The van der Waals surface area contributed by atoms with Gasteiger partial charge < -0.3 is 10.1 Å². The summed E-state index contributed by atoms with van der Waals surface area (Å²) in [4.78, 5) is 0. The molecule has 2 rings (SSSR count). The van der Waals surface area contributed by atoms with E-state index >= 15 is 0 Å². The Morgan fingerprint density at radius 1 is 1.10 bits per heavy atom. The van der Waals surface area contributed by atoms with Gasteiger partial charge in [-0.15, -0.1) is 0 Å². The highest BCUT2D eigenvalue weighted by Crippen LogP contribution is 2.19. The summed E-state index contributed by atoms with van der Waals surface area (Å²) >= 11 is 0. The van der Waals surface area contributed by atoms with Crippen molar-refractivity contribution in [2.45, 2.75) is 39.3 Å². The molecule has 1 N–H and O–H groups in total.